The molecule has 2 nitrogen and oxygen atoms in total. The lowest BCUT2D eigenvalue weighted by molar-refractivity contribution is 0.104. The van der Waals surface area contributed by atoms with Gasteiger partial charge in [-0.05, 0) is 37.4 Å². The highest BCUT2D eigenvalue weighted by atomic mass is 79.9. The van der Waals surface area contributed by atoms with Gasteiger partial charge < -0.3 is 4.74 Å². The van der Waals surface area contributed by atoms with Gasteiger partial charge in [0.25, 0.3) is 0 Å². The summed E-state index contributed by atoms with van der Waals surface area (Å²) in [5.41, 5.74) is 2.11. The maximum atomic E-state index is 5.59. The van der Waals surface area contributed by atoms with E-state index in [4.69, 9.17) is 4.74 Å². The van der Waals surface area contributed by atoms with Crippen molar-refractivity contribution in [3.05, 3.63) is 49.3 Å². The van der Waals surface area contributed by atoms with Gasteiger partial charge in [-0.25, -0.2) is 4.98 Å². The number of nitrogens with zero attached hydrogens (tertiary/aromatic N) is 1. The second-order valence-electron chi connectivity index (χ2n) is 3.17. The molecule has 1 aromatic heterocycles. The number of rotatable bonds is 4. The van der Waals surface area contributed by atoms with Gasteiger partial charge in [0.15, 0.2) is 3.92 Å². The van der Waals surface area contributed by atoms with Crippen molar-refractivity contribution in [1.82, 2.24) is 4.98 Å². The first-order valence-corrected chi connectivity index (χ1v) is 7.08. The second-order valence-corrected chi connectivity index (χ2v) is 6.76. The predicted molar refractivity (Wildman–Crippen MR) is 72.4 cm³/mol. The molecule has 16 heavy (non-hydrogen) atoms. The van der Waals surface area contributed by atoms with E-state index < -0.39 is 0 Å². The van der Waals surface area contributed by atoms with E-state index in [1.165, 1.54) is 5.56 Å². The largest absolute Gasteiger partial charge is 0.370 e. The number of benzene rings is 1. The van der Waals surface area contributed by atoms with E-state index in [-0.39, 0.29) is 0 Å². The summed E-state index contributed by atoms with van der Waals surface area (Å²) in [6.07, 6.45) is 0. The van der Waals surface area contributed by atoms with E-state index in [9.17, 15) is 0 Å². The fourth-order valence-corrected chi connectivity index (χ4v) is 3.78. The SMILES string of the molecule is Brc1nc(COCc2ccccc2)c(Br)s1. The van der Waals surface area contributed by atoms with Gasteiger partial charge >= 0.3 is 0 Å². The fraction of sp³-hybridized carbons (Fsp3) is 0.182. The second kappa shape index (κ2) is 5.91. The van der Waals surface area contributed by atoms with E-state index in [2.05, 4.69) is 36.8 Å². The van der Waals surface area contributed by atoms with Crippen LogP contribution in [-0.2, 0) is 18.0 Å². The summed E-state index contributed by atoms with van der Waals surface area (Å²) in [5, 5.41) is 0. The molecule has 0 spiro atoms. The Kier molecular flexibility index (Phi) is 4.52. The summed E-state index contributed by atoms with van der Waals surface area (Å²) in [5.74, 6) is 0. The third-order valence-electron chi connectivity index (χ3n) is 1.97. The van der Waals surface area contributed by atoms with Gasteiger partial charge in [0.05, 0.1) is 22.7 Å². The van der Waals surface area contributed by atoms with E-state index in [0.717, 1.165) is 13.4 Å². The summed E-state index contributed by atoms with van der Waals surface area (Å²) < 4.78 is 7.49. The van der Waals surface area contributed by atoms with Crippen molar-refractivity contribution in [3.63, 3.8) is 0 Å². The molecule has 0 aliphatic carbocycles. The van der Waals surface area contributed by atoms with Gasteiger partial charge in [0.2, 0.25) is 0 Å². The molecule has 1 heterocycles. The van der Waals surface area contributed by atoms with Crippen molar-refractivity contribution in [2.45, 2.75) is 13.2 Å². The van der Waals surface area contributed by atoms with Crippen LogP contribution in [0.25, 0.3) is 0 Å². The van der Waals surface area contributed by atoms with Crippen molar-refractivity contribution < 1.29 is 4.74 Å². The number of thiazole rings is 1. The van der Waals surface area contributed by atoms with Crippen molar-refractivity contribution in [2.75, 3.05) is 0 Å². The number of hydrogen-bond donors (Lipinski definition) is 0. The third-order valence-corrected chi connectivity index (χ3v) is 4.25. The molecule has 0 fully saturated rings. The van der Waals surface area contributed by atoms with Crippen LogP contribution in [-0.4, -0.2) is 4.98 Å². The lowest BCUT2D eigenvalue weighted by atomic mass is 10.2. The molecule has 0 saturated carbocycles. The van der Waals surface area contributed by atoms with Gasteiger partial charge in [-0.3, -0.25) is 0 Å². The molecule has 0 unspecified atom stereocenters. The molecule has 0 bridgehead atoms. The molecule has 2 aromatic rings. The Balaban J connectivity index is 1.87. The highest BCUT2D eigenvalue weighted by molar-refractivity contribution is 9.12. The molecule has 5 heteroatoms. The first-order chi connectivity index (χ1) is 7.75. The number of ether oxygens (including phenoxy) is 1. The highest BCUT2D eigenvalue weighted by Crippen LogP contribution is 2.28. The van der Waals surface area contributed by atoms with Gasteiger partial charge in [0, 0.05) is 0 Å². The molecule has 2 rings (SSSR count). The zero-order valence-corrected chi connectivity index (χ0v) is 12.3. The number of hydrogen-bond acceptors (Lipinski definition) is 3. The molecule has 84 valence electrons. The Morgan fingerprint density at radius 2 is 1.88 bits per heavy atom. The summed E-state index contributed by atoms with van der Waals surface area (Å²) in [6.45, 7) is 1.14. The lowest BCUT2D eigenvalue weighted by Crippen LogP contribution is -1.94. The maximum Gasteiger partial charge on any atom is 0.160 e. The minimum absolute atomic E-state index is 0.525. The Bertz CT molecular complexity index is 458. The van der Waals surface area contributed by atoms with Crippen LogP contribution >= 0.6 is 43.2 Å². The molecule has 0 atom stereocenters. The van der Waals surface area contributed by atoms with Crippen LogP contribution in [0.1, 0.15) is 11.3 Å². The van der Waals surface area contributed by atoms with Crippen LogP contribution in [0, 0.1) is 0 Å². The molecule has 0 radical (unpaired) electrons. The van der Waals surface area contributed by atoms with E-state index in [1.54, 1.807) is 11.3 Å². The van der Waals surface area contributed by atoms with Crippen LogP contribution < -0.4 is 0 Å². The molecule has 0 saturated heterocycles. The Hall–Kier alpha value is -0.230. The Labute approximate surface area is 115 Å². The van der Waals surface area contributed by atoms with E-state index in [0.29, 0.717) is 13.2 Å². The zero-order valence-electron chi connectivity index (χ0n) is 8.32. The summed E-state index contributed by atoms with van der Waals surface area (Å²) in [6, 6.07) is 10.1. The molecule has 0 aliphatic rings. The van der Waals surface area contributed by atoms with Crippen LogP contribution in [0.2, 0.25) is 0 Å². The molecule has 0 amide bonds. The normalized spacial score (nSPS) is 10.6. The summed E-state index contributed by atoms with van der Waals surface area (Å²) in [4.78, 5) is 4.30. The molecular formula is C11H9Br2NOS. The third kappa shape index (κ3) is 3.38. The average Bonchev–Trinajstić information content (AvgIpc) is 2.59. The van der Waals surface area contributed by atoms with Crippen LogP contribution in [0.3, 0.4) is 0 Å². The van der Waals surface area contributed by atoms with Crippen LogP contribution in [0.15, 0.2) is 38.0 Å². The molecule has 1 aromatic carbocycles. The lowest BCUT2D eigenvalue weighted by Gasteiger charge is -2.02. The smallest absolute Gasteiger partial charge is 0.160 e. The van der Waals surface area contributed by atoms with Crippen molar-refractivity contribution in [3.8, 4) is 0 Å². The highest BCUT2D eigenvalue weighted by Gasteiger charge is 2.06. The predicted octanol–water partition coefficient (Wildman–Crippen LogP) is 4.38. The first kappa shape index (κ1) is 12.2. The summed E-state index contributed by atoms with van der Waals surface area (Å²) >= 11 is 8.35. The molecule has 0 aliphatic heterocycles. The van der Waals surface area contributed by atoms with Crippen LogP contribution in [0.5, 0.6) is 0 Å². The fourth-order valence-electron chi connectivity index (χ4n) is 1.23. The zero-order chi connectivity index (χ0) is 11.4. The van der Waals surface area contributed by atoms with Gasteiger partial charge in [-0.2, -0.15) is 0 Å². The van der Waals surface area contributed by atoms with Gasteiger partial charge in [-0.1, -0.05) is 41.7 Å². The van der Waals surface area contributed by atoms with Crippen molar-refractivity contribution in [1.29, 1.82) is 0 Å². The first-order valence-electron chi connectivity index (χ1n) is 4.68. The number of halogens is 2. The Morgan fingerprint density at radius 1 is 1.12 bits per heavy atom. The van der Waals surface area contributed by atoms with Crippen LogP contribution in [0.4, 0.5) is 0 Å². The minimum atomic E-state index is 0.525. The maximum absolute atomic E-state index is 5.59. The minimum Gasteiger partial charge on any atom is -0.370 e. The van der Waals surface area contributed by atoms with Crippen molar-refractivity contribution in [2.24, 2.45) is 0 Å². The Morgan fingerprint density at radius 3 is 2.50 bits per heavy atom. The average molecular weight is 363 g/mol. The quantitative estimate of drug-likeness (QED) is 0.804. The topological polar surface area (TPSA) is 22.1 Å². The molecular weight excluding hydrogens is 354 g/mol. The molecule has 0 N–H and O–H groups in total. The number of aromatic nitrogens is 1. The van der Waals surface area contributed by atoms with Gasteiger partial charge in [-0.15, -0.1) is 0 Å². The van der Waals surface area contributed by atoms with E-state index in [1.807, 2.05) is 30.3 Å². The summed E-state index contributed by atoms with van der Waals surface area (Å²) in [7, 11) is 0. The monoisotopic (exact) mass is 361 g/mol. The van der Waals surface area contributed by atoms with Crippen molar-refractivity contribution >= 4 is 43.2 Å². The van der Waals surface area contributed by atoms with E-state index >= 15 is 0 Å². The standard InChI is InChI=1S/C11H9Br2NOS/c12-10-9(14-11(13)16-10)7-15-6-8-4-2-1-3-5-8/h1-5H,6-7H2. The van der Waals surface area contributed by atoms with Gasteiger partial charge in [0.1, 0.15) is 0 Å².